The van der Waals surface area contributed by atoms with Crippen molar-refractivity contribution in [3.8, 4) is 0 Å². The van der Waals surface area contributed by atoms with Gasteiger partial charge in [0.05, 0.1) is 0 Å². The molecule has 7 heteroatoms. The van der Waals surface area contributed by atoms with E-state index in [1.54, 1.807) is 24.3 Å². The molecule has 0 aliphatic carbocycles. The normalized spacial score (nSPS) is 17.4. The number of ketones is 1. The molecule has 0 saturated carbocycles. The highest BCUT2D eigenvalue weighted by molar-refractivity contribution is 6.08. The molecule has 1 aromatic carbocycles. The van der Waals surface area contributed by atoms with Crippen molar-refractivity contribution < 1.29 is 19.2 Å². The minimum atomic E-state index is -0.592. The van der Waals surface area contributed by atoms with E-state index in [0.717, 1.165) is 4.90 Å². The smallest absolute Gasteiger partial charge is 0.325 e. The van der Waals surface area contributed by atoms with Crippen LogP contribution in [0.2, 0.25) is 0 Å². The van der Waals surface area contributed by atoms with Crippen LogP contribution in [0.1, 0.15) is 31.1 Å². The number of urea groups is 1. The van der Waals surface area contributed by atoms with Crippen LogP contribution in [0.5, 0.6) is 0 Å². The van der Waals surface area contributed by atoms with Crippen molar-refractivity contribution in [1.82, 2.24) is 10.2 Å². The lowest BCUT2D eigenvalue weighted by molar-refractivity contribution is -0.131. The lowest BCUT2D eigenvalue weighted by Gasteiger charge is -2.14. The Kier molecular flexibility index (Phi) is 4.78. The van der Waals surface area contributed by atoms with E-state index in [-0.39, 0.29) is 18.2 Å². The molecule has 1 heterocycles. The van der Waals surface area contributed by atoms with E-state index in [1.165, 1.54) is 6.92 Å². The second kappa shape index (κ2) is 6.60. The molecule has 1 aromatic rings. The van der Waals surface area contributed by atoms with Crippen LogP contribution in [0, 0.1) is 5.92 Å². The van der Waals surface area contributed by atoms with Crippen LogP contribution in [0.15, 0.2) is 24.3 Å². The number of carbonyl (C=O) groups excluding carboxylic acids is 4. The molecule has 122 valence electrons. The van der Waals surface area contributed by atoms with E-state index < -0.39 is 23.9 Å². The third kappa shape index (κ3) is 3.74. The van der Waals surface area contributed by atoms with Crippen molar-refractivity contribution in [2.45, 2.75) is 26.8 Å². The quantitative estimate of drug-likeness (QED) is 0.634. The first kappa shape index (κ1) is 16.7. The summed E-state index contributed by atoms with van der Waals surface area (Å²) in [6, 6.07) is 5.23. The van der Waals surface area contributed by atoms with Gasteiger partial charge in [-0.05, 0) is 37.1 Å². The van der Waals surface area contributed by atoms with Gasteiger partial charge in [-0.1, -0.05) is 13.8 Å². The summed E-state index contributed by atoms with van der Waals surface area (Å²) in [5.41, 5.74) is 1.03. The maximum atomic E-state index is 12.1. The Morgan fingerprint density at radius 1 is 1.22 bits per heavy atom. The highest BCUT2D eigenvalue weighted by atomic mass is 16.2. The fourth-order valence-electron chi connectivity index (χ4n) is 2.27. The third-order valence-electron chi connectivity index (χ3n) is 3.60. The summed E-state index contributed by atoms with van der Waals surface area (Å²) in [6.45, 7) is 4.75. The number of hydrogen-bond acceptors (Lipinski definition) is 4. The Bertz CT molecular complexity index is 652. The molecule has 0 spiro atoms. The second-order valence-corrected chi connectivity index (χ2v) is 5.78. The number of carbonyl (C=O) groups is 4. The molecule has 0 radical (unpaired) electrons. The molecule has 1 aliphatic heterocycles. The molecular formula is C16H19N3O4. The molecule has 2 rings (SSSR count). The summed E-state index contributed by atoms with van der Waals surface area (Å²) in [6.07, 6.45) is 0. The van der Waals surface area contributed by atoms with Gasteiger partial charge in [0.2, 0.25) is 5.91 Å². The molecule has 1 unspecified atom stereocenters. The number of anilines is 1. The van der Waals surface area contributed by atoms with Crippen LogP contribution in [0.4, 0.5) is 10.5 Å². The first-order chi connectivity index (χ1) is 10.8. The molecule has 1 atom stereocenters. The van der Waals surface area contributed by atoms with Crippen LogP contribution in [-0.2, 0) is 9.59 Å². The number of imide groups is 1. The van der Waals surface area contributed by atoms with Gasteiger partial charge in [0.25, 0.3) is 5.91 Å². The number of Topliss-reactive ketones (excluding diaryl/α,β-unsaturated/α-hetero) is 1. The maximum absolute atomic E-state index is 12.1. The monoisotopic (exact) mass is 317 g/mol. The first-order valence-electron chi connectivity index (χ1n) is 7.32. The maximum Gasteiger partial charge on any atom is 0.325 e. The van der Waals surface area contributed by atoms with Gasteiger partial charge in [0.1, 0.15) is 12.6 Å². The Morgan fingerprint density at radius 3 is 2.30 bits per heavy atom. The summed E-state index contributed by atoms with van der Waals surface area (Å²) in [5.74, 6) is -0.985. The molecule has 1 saturated heterocycles. The van der Waals surface area contributed by atoms with E-state index in [1.807, 2.05) is 13.8 Å². The number of benzene rings is 1. The summed E-state index contributed by atoms with van der Waals surface area (Å²) in [5, 5.41) is 5.16. The van der Waals surface area contributed by atoms with Gasteiger partial charge in [-0.3, -0.25) is 19.3 Å². The molecule has 1 aliphatic rings. The highest BCUT2D eigenvalue weighted by Gasteiger charge is 2.40. The Hall–Kier alpha value is -2.70. The van der Waals surface area contributed by atoms with Crippen LogP contribution in [0.3, 0.4) is 0 Å². The van der Waals surface area contributed by atoms with Gasteiger partial charge < -0.3 is 10.6 Å². The van der Waals surface area contributed by atoms with E-state index in [0.29, 0.717) is 11.3 Å². The average molecular weight is 317 g/mol. The number of nitrogens with zero attached hydrogens (tertiary/aromatic N) is 1. The lowest BCUT2D eigenvalue weighted by atomic mass is 10.1. The molecular weight excluding hydrogens is 298 g/mol. The molecule has 7 nitrogen and oxygen atoms in total. The fraction of sp³-hybridized carbons (Fsp3) is 0.375. The van der Waals surface area contributed by atoms with Crippen molar-refractivity contribution in [3.05, 3.63) is 29.8 Å². The van der Waals surface area contributed by atoms with Gasteiger partial charge in [-0.15, -0.1) is 0 Å². The van der Waals surface area contributed by atoms with Gasteiger partial charge in [0.15, 0.2) is 5.78 Å². The molecule has 1 fully saturated rings. The van der Waals surface area contributed by atoms with E-state index in [2.05, 4.69) is 10.6 Å². The largest absolute Gasteiger partial charge is 0.326 e. The lowest BCUT2D eigenvalue weighted by Crippen LogP contribution is -2.39. The minimum Gasteiger partial charge on any atom is -0.326 e. The zero-order valence-electron chi connectivity index (χ0n) is 13.3. The van der Waals surface area contributed by atoms with Gasteiger partial charge >= 0.3 is 6.03 Å². The van der Waals surface area contributed by atoms with Crippen LogP contribution >= 0.6 is 0 Å². The summed E-state index contributed by atoms with van der Waals surface area (Å²) in [4.78, 5) is 48.0. The van der Waals surface area contributed by atoms with Gasteiger partial charge in [-0.25, -0.2) is 4.79 Å². The van der Waals surface area contributed by atoms with E-state index in [9.17, 15) is 19.2 Å². The SMILES string of the molecule is CC(=O)c1ccc(NC(=O)CN2C(=O)NC(C(C)C)C2=O)cc1. The van der Waals surface area contributed by atoms with Gasteiger partial charge in [-0.2, -0.15) is 0 Å². The second-order valence-electron chi connectivity index (χ2n) is 5.78. The Labute approximate surface area is 134 Å². The standard InChI is InChI=1S/C16H19N3O4/c1-9(2)14-15(22)19(16(23)18-14)8-13(21)17-12-6-4-11(5-7-12)10(3)20/h4-7,9,14H,8H2,1-3H3,(H,17,21)(H,18,23). The predicted octanol–water partition coefficient (Wildman–Crippen LogP) is 1.40. The molecule has 2 N–H and O–H groups in total. The fourth-order valence-corrected chi connectivity index (χ4v) is 2.27. The molecule has 0 bridgehead atoms. The predicted molar refractivity (Wildman–Crippen MR) is 83.9 cm³/mol. The summed E-state index contributed by atoms with van der Waals surface area (Å²) >= 11 is 0. The molecule has 0 aromatic heterocycles. The zero-order chi connectivity index (χ0) is 17.1. The van der Waals surface area contributed by atoms with E-state index in [4.69, 9.17) is 0 Å². The number of nitrogens with one attached hydrogen (secondary N) is 2. The zero-order valence-corrected chi connectivity index (χ0v) is 13.3. The summed E-state index contributed by atoms with van der Waals surface area (Å²) < 4.78 is 0. The number of rotatable bonds is 5. The Morgan fingerprint density at radius 2 is 1.83 bits per heavy atom. The van der Waals surface area contributed by atoms with Crippen molar-refractivity contribution in [2.24, 2.45) is 5.92 Å². The van der Waals surface area contributed by atoms with Crippen LogP contribution in [0.25, 0.3) is 0 Å². The van der Waals surface area contributed by atoms with E-state index >= 15 is 0 Å². The minimum absolute atomic E-state index is 0.0429. The topological polar surface area (TPSA) is 95.6 Å². The van der Waals surface area contributed by atoms with Crippen molar-refractivity contribution in [1.29, 1.82) is 0 Å². The summed E-state index contributed by atoms with van der Waals surface area (Å²) in [7, 11) is 0. The number of amides is 4. The molecule has 4 amide bonds. The van der Waals surface area contributed by atoms with Crippen molar-refractivity contribution in [2.75, 3.05) is 11.9 Å². The first-order valence-corrected chi connectivity index (χ1v) is 7.32. The highest BCUT2D eigenvalue weighted by Crippen LogP contribution is 2.14. The number of hydrogen-bond donors (Lipinski definition) is 2. The van der Waals surface area contributed by atoms with Crippen molar-refractivity contribution >= 4 is 29.3 Å². The van der Waals surface area contributed by atoms with Crippen LogP contribution < -0.4 is 10.6 Å². The van der Waals surface area contributed by atoms with Crippen molar-refractivity contribution in [3.63, 3.8) is 0 Å². The molecule has 23 heavy (non-hydrogen) atoms. The van der Waals surface area contributed by atoms with Crippen LogP contribution in [-0.4, -0.2) is 41.1 Å². The third-order valence-corrected chi connectivity index (χ3v) is 3.60. The van der Waals surface area contributed by atoms with Gasteiger partial charge in [0, 0.05) is 11.3 Å². The average Bonchev–Trinajstić information content (AvgIpc) is 2.76. The Balaban J connectivity index is 1.98.